The molecule has 4 rings (SSSR count). The van der Waals surface area contributed by atoms with Gasteiger partial charge in [-0.3, -0.25) is 9.59 Å². The number of alkyl halides is 3. The third kappa shape index (κ3) is 6.84. The molecule has 0 fully saturated rings. The quantitative estimate of drug-likeness (QED) is 0.257. The Balaban J connectivity index is 1.34. The van der Waals surface area contributed by atoms with Crippen molar-refractivity contribution in [3.8, 4) is 17.1 Å². The van der Waals surface area contributed by atoms with Crippen molar-refractivity contribution < 1.29 is 27.2 Å². The molecular weight excluding hydrogens is 493 g/mol. The van der Waals surface area contributed by atoms with Crippen molar-refractivity contribution in [2.45, 2.75) is 25.4 Å². The summed E-state index contributed by atoms with van der Waals surface area (Å²) in [5, 5.41) is 14.7. The minimum Gasteiger partial charge on any atom is -0.484 e. The van der Waals surface area contributed by atoms with E-state index in [1.165, 1.54) is 18.2 Å². The Hall–Kier alpha value is -4.42. The molecule has 0 aliphatic rings. The van der Waals surface area contributed by atoms with Gasteiger partial charge in [-0.15, -0.1) is 0 Å². The molecule has 1 unspecified atom stereocenters. The summed E-state index contributed by atoms with van der Waals surface area (Å²) in [4.78, 5) is 28.2. The van der Waals surface area contributed by atoms with Crippen LogP contribution in [-0.2, 0) is 11.2 Å². The highest BCUT2D eigenvalue weighted by Crippen LogP contribution is 2.25. The second kappa shape index (κ2) is 11.1. The van der Waals surface area contributed by atoms with Gasteiger partial charge in [0.15, 0.2) is 12.4 Å². The number of ether oxygens (including phenoxy) is 1. The fraction of sp³-hybridized carbons (Fsp3) is 0.292. The van der Waals surface area contributed by atoms with Crippen LogP contribution in [0.15, 0.2) is 57.8 Å². The number of halogens is 3. The maximum absolute atomic E-state index is 12.4. The van der Waals surface area contributed by atoms with Gasteiger partial charge in [-0.2, -0.15) is 23.3 Å². The van der Waals surface area contributed by atoms with E-state index in [0.29, 0.717) is 41.5 Å². The second-order valence-electron chi connectivity index (χ2n) is 8.26. The third-order valence-corrected chi connectivity index (χ3v) is 5.50. The number of rotatable bonds is 11. The maximum atomic E-state index is 12.4. The molecule has 4 aromatic rings. The van der Waals surface area contributed by atoms with Crippen LogP contribution in [0, 0.1) is 5.92 Å². The lowest BCUT2D eigenvalue weighted by molar-refractivity contribution is -0.153. The summed E-state index contributed by atoms with van der Waals surface area (Å²) in [6.07, 6.45) is -3.38. The number of anilines is 1. The Bertz CT molecular complexity index is 1440. The Morgan fingerprint density at radius 1 is 1.16 bits per heavy atom. The number of H-pyrrole nitrogens is 1. The molecule has 0 spiro atoms. The van der Waals surface area contributed by atoms with Gasteiger partial charge in [-0.05, 0) is 31.0 Å². The van der Waals surface area contributed by atoms with E-state index in [1.54, 1.807) is 24.3 Å². The SMILES string of the molecule is NC(=O)C(CCCNc1n[nH]c(=O)c2ccccc12)Cc1nc(-c2cccc(OCC(F)(F)F)c2)no1. The van der Waals surface area contributed by atoms with E-state index in [9.17, 15) is 22.8 Å². The van der Waals surface area contributed by atoms with Crippen molar-refractivity contribution in [2.24, 2.45) is 11.7 Å². The minimum atomic E-state index is -4.46. The number of carbonyl (C=O) groups is 1. The summed E-state index contributed by atoms with van der Waals surface area (Å²) < 4.78 is 47.2. The molecule has 2 aromatic carbocycles. The van der Waals surface area contributed by atoms with Crippen LogP contribution in [0.2, 0.25) is 0 Å². The monoisotopic (exact) mass is 516 g/mol. The van der Waals surface area contributed by atoms with Crippen molar-refractivity contribution in [3.05, 3.63) is 64.8 Å². The van der Waals surface area contributed by atoms with Crippen molar-refractivity contribution in [3.63, 3.8) is 0 Å². The molecule has 0 aliphatic heterocycles. The van der Waals surface area contributed by atoms with Crippen molar-refractivity contribution in [1.82, 2.24) is 20.3 Å². The van der Waals surface area contributed by atoms with Crippen molar-refractivity contribution in [1.29, 1.82) is 0 Å². The molecule has 10 nitrogen and oxygen atoms in total. The van der Waals surface area contributed by atoms with Gasteiger partial charge >= 0.3 is 6.18 Å². The van der Waals surface area contributed by atoms with E-state index < -0.39 is 24.6 Å². The molecule has 0 bridgehead atoms. The molecule has 4 N–H and O–H groups in total. The number of primary amides is 1. The lowest BCUT2D eigenvalue weighted by Crippen LogP contribution is -2.26. The number of aromatic nitrogens is 4. The largest absolute Gasteiger partial charge is 0.484 e. The molecule has 13 heteroatoms. The van der Waals surface area contributed by atoms with E-state index in [0.717, 1.165) is 0 Å². The van der Waals surface area contributed by atoms with Crippen LogP contribution in [-0.4, -0.2) is 45.6 Å². The van der Waals surface area contributed by atoms with Gasteiger partial charge < -0.3 is 20.3 Å². The first-order valence-electron chi connectivity index (χ1n) is 11.3. The lowest BCUT2D eigenvalue weighted by Gasteiger charge is -2.12. The van der Waals surface area contributed by atoms with Crippen molar-refractivity contribution in [2.75, 3.05) is 18.5 Å². The fourth-order valence-electron chi connectivity index (χ4n) is 3.71. The highest BCUT2D eigenvalue weighted by Gasteiger charge is 2.28. The van der Waals surface area contributed by atoms with Gasteiger partial charge in [0.1, 0.15) is 5.75 Å². The van der Waals surface area contributed by atoms with Crippen LogP contribution in [0.4, 0.5) is 19.0 Å². The Kier molecular flexibility index (Phi) is 7.70. The van der Waals surface area contributed by atoms with Gasteiger partial charge in [0, 0.05) is 29.8 Å². The van der Waals surface area contributed by atoms with Crippen LogP contribution in [0.1, 0.15) is 18.7 Å². The minimum absolute atomic E-state index is 0.00782. The molecule has 0 radical (unpaired) electrons. The number of benzene rings is 2. The van der Waals surface area contributed by atoms with Gasteiger partial charge in [-0.25, -0.2) is 5.10 Å². The van der Waals surface area contributed by atoms with E-state index in [2.05, 4.69) is 25.7 Å². The van der Waals surface area contributed by atoms with E-state index in [-0.39, 0.29) is 29.4 Å². The molecule has 37 heavy (non-hydrogen) atoms. The van der Waals surface area contributed by atoms with Crippen LogP contribution in [0.5, 0.6) is 5.75 Å². The number of aromatic amines is 1. The summed E-state index contributed by atoms with van der Waals surface area (Å²) >= 11 is 0. The van der Waals surface area contributed by atoms with Gasteiger partial charge in [0.05, 0.1) is 5.39 Å². The van der Waals surface area contributed by atoms with Crippen LogP contribution in [0.3, 0.4) is 0 Å². The van der Waals surface area contributed by atoms with E-state index >= 15 is 0 Å². The van der Waals surface area contributed by atoms with Gasteiger partial charge in [0.25, 0.3) is 5.56 Å². The van der Waals surface area contributed by atoms with E-state index in [1.807, 2.05) is 6.07 Å². The third-order valence-electron chi connectivity index (χ3n) is 5.50. The Labute approximate surface area is 208 Å². The number of fused-ring (bicyclic) bond motifs is 1. The normalized spacial score (nSPS) is 12.4. The number of nitrogens with two attached hydrogens (primary N) is 1. The van der Waals surface area contributed by atoms with Gasteiger partial charge in [-0.1, -0.05) is 35.5 Å². The topological polar surface area (TPSA) is 149 Å². The summed E-state index contributed by atoms with van der Waals surface area (Å²) in [6.45, 7) is -0.954. The lowest BCUT2D eigenvalue weighted by atomic mass is 9.98. The molecule has 1 amide bonds. The predicted octanol–water partition coefficient (Wildman–Crippen LogP) is 3.45. The first-order chi connectivity index (χ1) is 17.7. The summed E-state index contributed by atoms with van der Waals surface area (Å²) in [6, 6.07) is 12.9. The average Bonchev–Trinajstić information content (AvgIpc) is 3.34. The zero-order valence-corrected chi connectivity index (χ0v) is 19.4. The number of nitrogens with one attached hydrogen (secondary N) is 2. The Morgan fingerprint density at radius 2 is 1.95 bits per heavy atom. The zero-order valence-electron chi connectivity index (χ0n) is 19.4. The van der Waals surface area contributed by atoms with Crippen LogP contribution >= 0.6 is 0 Å². The Morgan fingerprint density at radius 3 is 2.70 bits per heavy atom. The standard InChI is InChI=1S/C24H23F3N6O4/c25-24(26,27)13-36-16-7-3-5-15(11-16)21-30-19(37-33-21)12-14(20(28)34)6-4-10-29-22-17-8-1-2-9-18(17)23(35)32-31-22/h1-3,5,7-9,11,14H,4,6,10,12-13H2,(H2,28,34)(H,29,31)(H,32,35). The first kappa shape index (κ1) is 25.7. The van der Waals surface area contributed by atoms with Crippen LogP contribution in [0.25, 0.3) is 22.2 Å². The maximum Gasteiger partial charge on any atom is 0.422 e. The molecule has 1 atom stereocenters. The smallest absolute Gasteiger partial charge is 0.422 e. The molecule has 0 aliphatic carbocycles. The summed E-state index contributed by atoms with van der Waals surface area (Å²) in [5.41, 5.74) is 5.68. The molecule has 0 saturated carbocycles. The zero-order chi connectivity index (χ0) is 26.4. The van der Waals surface area contributed by atoms with Gasteiger partial charge in [0.2, 0.25) is 17.6 Å². The molecular formula is C24H23F3N6O4. The number of hydrogen-bond acceptors (Lipinski definition) is 8. The first-order valence-corrected chi connectivity index (χ1v) is 11.3. The average molecular weight is 516 g/mol. The number of hydrogen-bond donors (Lipinski definition) is 3. The van der Waals surface area contributed by atoms with Crippen molar-refractivity contribution >= 4 is 22.5 Å². The fourth-order valence-corrected chi connectivity index (χ4v) is 3.71. The van der Waals surface area contributed by atoms with E-state index in [4.69, 9.17) is 15.0 Å². The number of nitrogens with zero attached hydrogens (tertiary/aromatic N) is 3. The predicted molar refractivity (Wildman–Crippen MR) is 128 cm³/mol. The number of amides is 1. The molecule has 2 aromatic heterocycles. The number of carbonyl (C=O) groups excluding carboxylic acids is 1. The highest BCUT2D eigenvalue weighted by molar-refractivity contribution is 5.90. The summed E-state index contributed by atoms with van der Waals surface area (Å²) in [5.74, 6) is -0.274. The molecule has 2 heterocycles. The molecule has 0 saturated heterocycles. The molecule has 194 valence electrons. The summed E-state index contributed by atoms with van der Waals surface area (Å²) in [7, 11) is 0. The highest BCUT2D eigenvalue weighted by atomic mass is 19.4. The second-order valence-corrected chi connectivity index (χ2v) is 8.26. The van der Waals surface area contributed by atoms with Crippen LogP contribution < -0.4 is 21.3 Å².